The van der Waals surface area contributed by atoms with Gasteiger partial charge in [-0.1, -0.05) is 0 Å². The van der Waals surface area contributed by atoms with Crippen molar-refractivity contribution in [3.05, 3.63) is 35.4 Å². The summed E-state index contributed by atoms with van der Waals surface area (Å²) >= 11 is 0. The standard InChI is InChI=1S/C12H11F2NO4/c13-6-1-2-9(14)8(3-6)11(17)15-5-7(16)4-10(15)12(18)19/h1-3,7,10,16H,4-5H2,(H,18,19)/t7-,10-/m1/s1. The van der Waals surface area contributed by atoms with E-state index in [0.717, 1.165) is 17.0 Å². The van der Waals surface area contributed by atoms with Gasteiger partial charge in [-0.15, -0.1) is 0 Å². The van der Waals surface area contributed by atoms with Crippen LogP contribution in [0.5, 0.6) is 0 Å². The van der Waals surface area contributed by atoms with Gasteiger partial charge in [0.2, 0.25) is 0 Å². The maximum absolute atomic E-state index is 13.5. The van der Waals surface area contributed by atoms with Crippen LogP contribution in [0.15, 0.2) is 18.2 Å². The molecule has 0 unspecified atom stereocenters. The summed E-state index contributed by atoms with van der Waals surface area (Å²) in [4.78, 5) is 23.8. The van der Waals surface area contributed by atoms with Gasteiger partial charge in [0.05, 0.1) is 11.7 Å². The first-order valence-electron chi connectivity index (χ1n) is 5.57. The molecule has 1 saturated heterocycles. The van der Waals surface area contributed by atoms with E-state index in [4.69, 9.17) is 5.11 Å². The molecule has 0 bridgehead atoms. The lowest BCUT2D eigenvalue weighted by atomic mass is 10.1. The van der Waals surface area contributed by atoms with Crippen LogP contribution in [0, 0.1) is 11.6 Å². The summed E-state index contributed by atoms with van der Waals surface area (Å²) in [6.07, 6.45) is -1.11. The van der Waals surface area contributed by atoms with Crippen molar-refractivity contribution < 1.29 is 28.6 Å². The van der Waals surface area contributed by atoms with E-state index in [9.17, 15) is 23.5 Å². The van der Waals surface area contributed by atoms with Crippen molar-refractivity contribution in [2.45, 2.75) is 18.6 Å². The van der Waals surface area contributed by atoms with Crippen LogP contribution in [0.3, 0.4) is 0 Å². The number of benzene rings is 1. The quantitative estimate of drug-likeness (QED) is 0.826. The molecule has 1 heterocycles. The molecule has 0 radical (unpaired) electrons. The van der Waals surface area contributed by atoms with Crippen molar-refractivity contribution in [2.75, 3.05) is 6.54 Å². The van der Waals surface area contributed by atoms with E-state index in [1.54, 1.807) is 0 Å². The fraction of sp³-hybridized carbons (Fsp3) is 0.333. The van der Waals surface area contributed by atoms with E-state index in [0.29, 0.717) is 6.07 Å². The van der Waals surface area contributed by atoms with Gasteiger partial charge in [0, 0.05) is 13.0 Å². The monoisotopic (exact) mass is 271 g/mol. The first-order valence-corrected chi connectivity index (χ1v) is 5.57. The van der Waals surface area contributed by atoms with Crippen LogP contribution >= 0.6 is 0 Å². The van der Waals surface area contributed by atoms with Crippen molar-refractivity contribution in [1.29, 1.82) is 0 Å². The molecule has 1 aliphatic rings. The number of amides is 1. The molecule has 0 aromatic heterocycles. The Morgan fingerprint density at radius 1 is 1.32 bits per heavy atom. The molecule has 2 atom stereocenters. The van der Waals surface area contributed by atoms with Crippen LogP contribution in [-0.4, -0.2) is 45.7 Å². The summed E-state index contributed by atoms with van der Waals surface area (Å²) in [7, 11) is 0. The molecule has 1 amide bonds. The van der Waals surface area contributed by atoms with Gasteiger partial charge in [0.1, 0.15) is 17.7 Å². The number of aliphatic hydroxyl groups excluding tert-OH is 1. The molecule has 1 aliphatic heterocycles. The van der Waals surface area contributed by atoms with Crippen molar-refractivity contribution >= 4 is 11.9 Å². The number of hydrogen-bond acceptors (Lipinski definition) is 3. The number of rotatable bonds is 2. The number of carbonyl (C=O) groups excluding carboxylic acids is 1. The van der Waals surface area contributed by atoms with Gasteiger partial charge in [-0.3, -0.25) is 4.79 Å². The second-order valence-corrected chi connectivity index (χ2v) is 4.33. The van der Waals surface area contributed by atoms with Crippen molar-refractivity contribution in [3.8, 4) is 0 Å². The first-order chi connectivity index (χ1) is 8.90. The summed E-state index contributed by atoms with van der Waals surface area (Å²) in [6, 6.07) is 1.14. The highest BCUT2D eigenvalue weighted by Gasteiger charge is 2.39. The number of carbonyl (C=O) groups is 2. The van der Waals surface area contributed by atoms with E-state index in [-0.39, 0.29) is 13.0 Å². The lowest BCUT2D eigenvalue weighted by molar-refractivity contribution is -0.141. The Hall–Kier alpha value is -2.02. The van der Waals surface area contributed by atoms with Crippen LogP contribution in [0.1, 0.15) is 16.8 Å². The molecule has 0 aliphatic carbocycles. The predicted octanol–water partition coefficient (Wildman–Crippen LogP) is 0.625. The minimum Gasteiger partial charge on any atom is -0.480 e. The van der Waals surface area contributed by atoms with E-state index in [2.05, 4.69) is 0 Å². The van der Waals surface area contributed by atoms with Crippen LogP contribution in [0.25, 0.3) is 0 Å². The maximum atomic E-state index is 13.5. The molecular weight excluding hydrogens is 260 g/mol. The molecule has 7 heteroatoms. The Balaban J connectivity index is 2.33. The minimum absolute atomic E-state index is 0.127. The third-order valence-electron chi connectivity index (χ3n) is 2.98. The van der Waals surface area contributed by atoms with Crippen LogP contribution < -0.4 is 0 Å². The number of carboxylic acids is 1. The van der Waals surface area contributed by atoms with E-state index >= 15 is 0 Å². The molecule has 19 heavy (non-hydrogen) atoms. The molecular formula is C12H11F2NO4. The molecule has 0 saturated carbocycles. The highest BCUT2D eigenvalue weighted by atomic mass is 19.1. The average Bonchev–Trinajstić information content (AvgIpc) is 2.74. The lowest BCUT2D eigenvalue weighted by Crippen LogP contribution is -2.41. The normalized spacial score (nSPS) is 22.6. The zero-order valence-electron chi connectivity index (χ0n) is 9.72. The van der Waals surface area contributed by atoms with Gasteiger partial charge in [-0.25, -0.2) is 13.6 Å². The Labute approximate surface area is 107 Å². The van der Waals surface area contributed by atoms with Gasteiger partial charge < -0.3 is 15.1 Å². The number of nitrogens with zero attached hydrogens (tertiary/aromatic N) is 1. The summed E-state index contributed by atoms with van der Waals surface area (Å²) in [5, 5.41) is 18.4. The molecule has 0 spiro atoms. The van der Waals surface area contributed by atoms with E-state index in [1.807, 2.05) is 0 Å². The molecule has 1 aromatic carbocycles. The molecule has 2 rings (SSSR count). The van der Waals surface area contributed by atoms with E-state index in [1.165, 1.54) is 0 Å². The zero-order valence-corrected chi connectivity index (χ0v) is 9.72. The number of aliphatic carboxylic acids is 1. The second-order valence-electron chi connectivity index (χ2n) is 4.33. The van der Waals surface area contributed by atoms with Crippen molar-refractivity contribution in [1.82, 2.24) is 4.90 Å². The fourth-order valence-electron chi connectivity index (χ4n) is 2.09. The summed E-state index contributed by atoms with van der Waals surface area (Å²) < 4.78 is 26.5. The predicted molar refractivity (Wildman–Crippen MR) is 59.4 cm³/mol. The summed E-state index contributed by atoms with van der Waals surface area (Å²) in [6.45, 7) is -0.217. The van der Waals surface area contributed by atoms with Gasteiger partial charge in [-0.2, -0.15) is 0 Å². The summed E-state index contributed by atoms with van der Waals surface area (Å²) in [5.74, 6) is -3.96. The van der Waals surface area contributed by atoms with Crippen molar-refractivity contribution in [3.63, 3.8) is 0 Å². The number of halogens is 2. The molecule has 5 nitrogen and oxygen atoms in total. The Morgan fingerprint density at radius 2 is 2.00 bits per heavy atom. The number of β-amino-alcohol motifs (C(OH)–C–C–N with tert-alkyl or cyclic N) is 1. The lowest BCUT2D eigenvalue weighted by Gasteiger charge is -2.21. The molecule has 102 valence electrons. The second kappa shape index (κ2) is 4.93. The summed E-state index contributed by atoms with van der Waals surface area (Å²) in [5.41, 5.74) is -0.541. The van der Waals surface area contributed by atoms with Gasteiger partial charge in [-0.05, 0) is 18.2 Å². The fourth-order valence-corrected chi connectivity index (χ4v) is 2.09. The largest absolute Gasteiger partial charge is 0.480 e. The smallest absolute Gasteiger partial charge is 0.326 e. The number of likely N-dealkylation sites (tertiary alicyclic amines) is 1. The first kappa shape index (κ1) is 13.4. The van der Waals surface area contributed by atoms with Gasteiger partial charge >= 0.3 is 5.97 Å². The Morgan fingerprint density at radius 3 is 2.63 bits per heavy atom. The molecule has 1 fully saturated rings. The Bertz CT molecular complexity index is 534. The zero-order chi connectivity index (χ0) is 14.2. The molecule has 2 N–H and O–H groups in total. The minimum atomic E-state index is -1.29. The highest BCUT2D eigenvalue weighted by Crippen LogP contribution is 2.22. The SMILES string of the molecule is O=C(O)[C@H]1C[C@@H](O)CN1C(=O)c1cc(F)ccc1F. The maximum Gasteiger partial charge on any atom is 0.326 e. The number of aliphatic hydroxyl groups is 1. The van der Waals surface area contributed by atoms with Gasteiger partial charge in [0.25, 0.3) is 5.91 Å². The third-order valence-corrected chi connectivity index (χ3v) is 2.98. The topological polar surface area (TPSA) is 77.8 Å². The highest BCUT2D eigenvalue weighted by molar-refractivity contribution is 5.97. The number of hydrogen-bond donors (Lipinski definition) is 2. The van der Waals surface area contributed by atoms with Crippen LogP contribution in [0.2, 0.25) is 0 Å². The Kier molecular flexibility index (Phi) is 3.48. The van der Waals surface area contributed by atoms with Crippen LogP contribution in [0.4, 0.5) is 8.78 Å². The van der Waals surface area contributed by atoms with Gasteiger partial charge in [0.15, 0.2) is 0 Å². The number of carboxylic acid groups (broad SMARTS) is 1. The van der Waals surface area contributed by atoms with Crippen LogP contribution in [-0.2, 0) is 4.79 Å². The average molecular weight is 271 g/mol. The third kappa shape index (κ3) is 2.55. The van der Waals surface area contributed by atoms with E-state index < -0.39 is 41.2 Å². The molecule has 1 aromatic rings. The van der Waals surface area contributed by atoms with Crippen molar-refractivity contribution in [2.24, 2.45) is 0 Å².